The summed E-state index contributed by atoms with van der Waals surface area (Å²) < 4.78 is 7.44. The van der Waals surface area contributed by atoms with Crippen molar-refractivity contribution in [3.63, 3.8) is 0 Å². The minimum Gasteiger partial charge on any atom is -0.418 e. The zero-order valence-electron chi connectivity index (χ0n) is 17.3. The predicted molar refractivity (Wildman–Crippen MR) is 116 cm³/mol. The van der Waals surface area contributed by atoms with Crippen molar-refractivity contribution in [3.05, 3.63) is 48.9 Å². The summed E-state index contributed by atoms with van der Waals surface area (Å²) in [6.45, 7) is 3.49. The highest BCUT2D eigenvalue weighted by atomic mass is 16.4. The monoisotopic (exact) mass is 418 g/mol. The number of nitrogens with one attached hydrogen (secondary N) is 1. The number of hydrogen-bond donors (Lipinski definition) is 1. The molecule has 31 heavy (non-hydrogen) atoms. The van der Waals surface area contributed by atoms with Gasteiger partial charge >= 0.3 is 0 Å². The number of carbonyl (C=O) groups is 1. The van der Waals surface area contributed by atoms with E-state index in [2.05, 4.69) is 37.3 Å². The standard InChI is InChI=1S/C21H22N8O2/c1-27-3-5-29(6-4-27)21-24-12-18(31-21)20(30)26-19-8-14-7-15(9-22-17(14)11-23-19)16-10-25-28(2)13-16/h7-13H,3-6H2,1-2H3,(H,23,26,30). The molecule has 5 heterocycles. The van der Waals surface area contributed by atoms with Crippen LogP contribution >= 0.6 is 0 Å². The van der Waals surface area contributed by atoms with Crippen molar-refractivity contribution in [1.82, 2.24) is 29.6 Å². The van der Waals surface area contributed by atoms with Gasteiger partial charge in [0.2, 0.25) is 5.76 Å². The van der Waals surface area contributed by atoms with E-state index in [1.807, 2.05) is 24.2 Å². The third kappa shape index (κ3) is 3.97. The second kappa shape index (κ2) is 7.80. The fourth-order valence-corrected chi connectivity index (χ4v) is 3.52. The number of aromatic nitrogens is 5. The van der Waals surface area contributed by atoms with Crippen LogP contribution in [0.5, 0.6) is 0 Å². The van der Waals surface area contributed by atoms with Gasteiger partial charge in [-0.1, -0.05) is 0 Å². The molecule has 5 rings (SSSR count). The Morgan fingerprint density at radius 2 is 1.81 bits per heavy atom. The number of fused-ring (bicyclic) bond motifs is 1. The van der Waals surface area contributed by atoms with Crippen molar-refractivity contribution in [2.45, 2.75) is 0 Å². The molecule has 0 atom stereocenters. The van der Waals surface area contributed by atoms with E-state index in [-0.39, 0.29) is 5.76 Å². The van der Waals surface area contributed by atoms with Crippen molar-refractivity contribution >= 4 is 28.6 Å². The first-order valence-electron chi connectivity index (χ1n) is 10.0. The van der Waals surface area contributed by atoms with Gasteiger partial charge in [-0.05, 0) is 19.2 Å². The van der Waals surface area contributed by atoms with Gasteiger partial charge in [0.25, 0.3) is 11.9 Å². The summed E-state index contributed by atoms with van der Waals surface area (Å²) in [5.41, 5.74) is 2.65. The van der Waals surface area contributed by atoms with E-state index in [1.165, 1.54) is 6.20 Å². The van der Waals surface area contributed by atoms with E-state index in [0.717, 1.165) is 48.2 Å². The fraction of sp³-hybridized carbons (Fsp3) is 0.286. The number of rotatable bonds is 4. The molecular weight excluding hydrogens is 396 g/mol. The molecule has 10 heteroatoms. The number of aryl methyl sites for hydroxylation is 1. The van der Waals surface area contributed by atoms with Crippen LogP contribution in [0.4, 0.5) is 11.8 Å². The van der Waals surface area contributed by atoms with Crippen LogP contribution in [0.15, 0.2) is 47.5 Å². The molecule has 1 N–H and O–H groups in total. The Morgan fingerprint density at radius 3 is 2.58 bits per heavy atom. The van der Waals surface area contributed by atoms with Gasteiger partial charge in [0, 0.05) is 62.1 Å². The van der Waals surface area contributed by atoms with E-state index in [9.17, 15) is 4.79 Å². The van der Waals surface area contributed by atoms with Crippen LogP contribution in [0.2, 0.25) is 0 Å². The summed E-state index contributed by atoms with van der Waals surface area (Å²) in [6, 6.07) is 4.25. The lowest BCUT2D eigenvalue weighted by molar-refractivity contribution is 0.0996. The molecule has 158 valence electrons. The maximum Gasteiger partial charge on any atom is 0.298 e. The van der Waals surface area contributed by atoms with Crippen LogP contribution in [0.3, 0.4) is 0 Å². The van der Waals surface area contributed by atoms with Crippen LogP contribution in [-0.4, -0.2) is 68.8 Å². The smallest absolute Gasteiger partial charge is 0.298 e. The minimum atomic E-state index is -0.392. The average molecular weight is 418 g/mol. The summed E-state index contributed by atoms with van der Waals surface area (Å²) in [6.07, 6.45) is 8.58. The number of nitrogens with zero attached hydrogens (tertiary/aromatic N) is 7. The van der Waals surface area contributed by atoms with Gasteiger partial charge in [0.05, 0.1) is 24.1 Å². The Morgan fingerprint density at radius 1 is 0.968 bits per heavy atom. The molecule has 1 saturated heterocycles. The fourth-order valence-electron chi connectivity index (χ4n) is 3.52. The number of hydrogen-bond acceptors (Lipinski definition) is 8. The van der Waals surface area contributed by atoms with E-state index < -0.39 is 5.91 Å². The zero-order chi connectivity index (χ0) is 21.4. The van der Waals surface area contributed by atoms with Gasteiger partial charge in [-0.3, -0.25) is 14.5 Å². The molecular formula is C21H22N8O2. The van der Waals surface area contributed by atoms with Crippen LogP contribution in [0.25, 0.3) is 22.0 Å². The number of likely N-dealkylation sites (N-methyl/N-ethyl adjacent to an activating group) is 1. The maximum absolute atomic E-state index is 12.7. The summed E-state index contributed by atoms with van der Waals surface area (Å²) in [7, 11) is 3.95. The highest BCUT2D eigenvalue weighted by Crippen LogP contribution is 2.24. The van der Waals surface area contributed by atoms with Crippen LogP contribution in [0, 0.1) is 0 Å². The first-order valence-corrected chi connectivity index (χ1v) is 10.0. The summed E-state index contributed by atoms with van der Waals surface area (Å²) in [5, 5.41) is 7.85. The normalized spacial score (nSPS) is 14.8. The number of pyridine rings is 2. The van der Waals surface area contributed by atoms with Crippen molar-refractivity contribution in [2.75, 3.05) is 43.4 Å². The molecule has 1 aliphatic rings. The molecule has 4 aromatic rings. The third-order valence-corrected chi connectivity index (χ3v) is 5.34. The Balaban J connectivity index is 1.33. The lowest BCUT2D eigenvalue weighted by Crippen LogP contribution is -2.44. The third-order valence-electron chi connectivity index (χ3n) is 5.34. The van der Waals surface area contributed by atoms with Gasteiger partial charge in [-0.2, -0.15) is 5.10 Å². The quantitative estimate of drug-likeness (QED) is 0.537. The molecule has 4 aromatic heterocycles. The van der Waals surface area contributed by atoms with Crippen molar-refractivity contribution in [2.24, 2.45) is 7.05 Å². The SMILES string of the molecule is CN1CCN(c2ncc(C(=O)Nc3cc4cc(-c5cnn(C)c5)cnc4cn3)o2)CC1. The van der Waals surface area contributed by atoms with Gasteiger partial charge in [0.15, 0.2) is 0 Å². The molecule has 1 aliphatic heterocycles. The molecule has 0 aromatic carbocycles. The van der Waals surface area contributed by atoms with Gasteiger partial charge in [0.1, 0.15) is 5.82 Å². The summed E-state index contributed by atoms with van der Waals surface area (Å²) in [5.74, 6) is 0.175. The van der Waals surface area contributed by atoms with Crippen LogP contribution < -0.4 is 10.2 Å². The Hall–Kier alpha value is -3.79. The lowest BCUT2D eigenvalue weighted by atomic mass is 10.1. The Kier molecular flexibility index (Phi) is 4.83. The largest absolute Gasteiger partial charge is 0.418 e. The van der Waals surface area contributed by atoms with Crippen molar-refractivity contribution in [3.8, 4) is 11.1 Å². The Bertz CT molecular complexity index is 1240. The van der Waals surface area contributed by atoms with Crippen molar-refractivity contribution in [1.29, 1.82) is 0 Å². The molecule has 1 amide bonds. The van der Waals surface area contributed by atoms with Gasteiger partial charge < -0.3 is 19.5 Å². The molecule has 0 unspecified atom stereocenters. The van der Waals surface area contributed by atoms with E-state index in [0.29, 0.717) is 11.8 Å². The number of piperazine rings is 1. The first kappa shape index (κ1) is 19.2. The van der Waals surface area contributed by atoms with Crippen LogP contribution in [-0.2, 0) is 7.05 Å². The van der Waals surface area contributed by atoms with E-state index in [4.69, 9.17) is 4.42 Å². The molecule has 0 saturated carbocycles. The van der Waals surface area contributed by atoms with E-state index in [1.54, 1.807) is 29.3 Å². The predicted octanol–water partition coefficient (Wildman–Crippen LogP) is 2.02. The minimum absolute atomic E-state index is 0.151. The van der Waals surface area contributed by atoms with Crippen LogP contribution in [0.1, 0.15) is 10.6 Å². The number of carbonyl (C=O) groups excluding carboxylic acids is 1. The molecule has 10 nitrogen and oxygen atoms in total. The number of anilines is 2. The summed E-state index contributed by atoms with van der Waals surface area (Å²) >= 11 is 0. The van der Waals surface area contributed by atoms with Gasteiger partial charge in [-0.25, -0.2) is 9.97 Å². The topological polar surface area (TPSA) is 105 Å². The maximum atomic E-state index is 12.7. The molecule has 0 spiro atoms. The second-order valence-electron chi connectivity index (χ2n) is 7.64. The van der Waals surface area contributed by atoms with Crippen molar-refractivity contribution < 1.29 is 9.21 Å². The molecule has 0 radical (unpaired) electrons. The molecule has 0 aliphatic carbocycles. The Labute approximate surface area is 178 Å². The zero-order valence-corrected chi connectivity index (χ0v) is 17.3. The summed E-state index contributed by atoms with van der Waals surface area (Å²) in [4.78, 5) is 29.9. The lowest BCUT2D eigenvalue weighted by Gasteiger charge is -2.31. The first-order chi connectivity index (χ1) is 15.0. The molecule has 1 fully saturated rings. The highest BCUT2D eigenvalue weighted by molar-refractivity contribution is 6.02. The second-order valence-corrected chi connectivity index (χ2v) is 7.64. The number of amides is 1. The number of oxazole rings is 1. The molecule has 0 bridgehead atoms. The highest BCUT2D eigenvalue weighted by Gasteiger charge is 2.21. The average Bonchev–Trinajstić information content (AvgIpc) is 3.43. The van der Waals surface area contributed by atoms with Gasteiger partial charge in [-0.15, -0.1) is 0 Å². The van der Waals surface area contributed by atoms with E-state index >= 15 is 0 Å².